The van der Waals surface area contributed by atoms with Crippen LogP contribution in [0.15, 0.2) is 30.3 Å². The molecule has 6 heteroatoms. The number of carbonyl (C=O) groups is 3. The summed E-state index contributed by atoms with van der Waals surface area (Å²) < 4.78 is 10.4. The summed E-state index contributed by atoms with van der Waals surface area (Å²) in [5.74, 6) is -0.769. The molecule has 1 aromatic carbocycles. The molecule has 0 aromatic heterocycles. The Bertz CT molecular complexity index is 606. The summed E-state index contributed by atoms with van der Waals surface area (Å²) in [6.07, 6.45) is 1.14. The van der Waals surface area contributed by atoms with Crippen LogP contribution >= 0.6 is 0 Å². The Labute approximate surface area is 148 Å². The molecule has 1 aliphatic heterocycles. The van der Waals surface area contributed by atoms with Crippen LogP contribution in [0.1, 0.15) is 38.7 Å². The lowest BCUT2D eigenvalue weighted by Crippen LogP contribution is -2.50. The van der Waals surface area contributed by atoms with Gasteiger partial charge in [-0.25, -0.2) is 4.79 Å². The summed E-state index contributed by atoms with van der Waals surface area (Å²) in [6, 6.07) is 9.37. The summed E-state index contributed by atoms with van der Waals surface area (Å²) in [5.41, 5.74) is -0.463. The smallest absolute Gasteiger partial charge is 0.410 e. The second-order valence-electron chi connectivity index (χ2n) is 6.39. The van der Waals surface area contributed by atoms with Gasteiger partial charge in [0.1, 0.15) is 12.0 Å². The molecule has 25 heavy (non-hydrogen) atoms. The van der Waals surface area contributed by atoms with E-state index in [0.717, 1.165) is 5.56 Å². The van der Waals surface area contributed by atoms with Crippen molar-refractivity contribution in [3.8, 4) is 0 Å². The Morgan fingerprint density at radius 2 is 1.88 bits per heavy atom. The van der Waals surface area contributed by atoms with Crippen molar-refractivity contribution in [1.29, 1.82) is 0 Å². The molecular weight excluding hydrogens is 322 g/mol. The average molecular weight is 347 g/mol. The fourth-order valence-corrected chi connectivity index (χ4v) is 2.85. The van der Waals surface area contributed by atoms with Crippen molar-refractivity contribution in [3.63, 3.8) is 0 Å². The van der Waals surface area contributed by atoms with Crippen molar-refractivity contribution >= 4 is 17.8 Å². The third kappa shape index (κ3) is 4.81. The first-order valence-electron chi connectivity index (χ1n) is 8.63. The number of nitrogens with zero attached hydrogens (tertiary/aromatic N) is 1. The lowest BCUT2D eigenvalue weighted by Gasteiger charge is -2.34. The van der Waals surface area contributed by atoms with E-state index in [4.69, 9.17) is 9.47 Å². The zero-order chi connectivity index (χ0) is 18.3. The van der Waals surface area contributed by atoms with Gasteiger partial charge in [0.25, 0.3) is 0 Å². The summed E-state index contributed by atoms with van der Waals surface area (Å²) in [7, 11) is 0. The van der Waals surface area contributed by atoms with Gasteiger partial charge in [-0.15, -0.1) is 0 Å². The minimum atomic E-state index is -1.35. The number of hydrogen-bond acceptors (Lipinski definition) is 5. The molecule has 1 fully saturated rings. The topological polar surface area (TPSA) is 72.9 Å². The third-order valence-corrected chi connectivity index (χ3v) is 4.39. The number of hydrogen-bond donors (Lipinski definition) is 0. The SMILES string of the molecule is CCOC(=O)C1(C)CN(C(=O)OCc2ccccc2)CCCCC1=O. The number of benzene rings is 1. The van der Waals surface area contributed by atoms with Gasteiger partial charge >= 0.3 is 12.1 Å². The molecule has 136 valence electrons. The van der Waals surface area contributed by atoms with Crippen LogP contribution in [0, 0.1) is 5.41 Å². The van der Waals surface area contributed by atoms with Crippen LogP contribution in [-0.2, 0) is 25.7 Å². The molecule has 1 saturated heterocycles. The minimum absolute atomic E-state index is 0.0156. The maximum Gasteiger partial charge on any atom is 0.410 e. The largest absolute Gasteiger partial charge is 0.465 e. The lowest BCUT2D eigenvalue weighted by atomic mass is 9.81. The minimum Gasteiger partial charge on any atom is -0.465 e. The van der Waals surface area contributed by atoms with Crippen LogP contribution in [0.2, 0.25) is 0 Å². The van der Waals surface area contributed by atoms with Gasteiger partial charge in [0.2, 0.25) is 0 Å². The number of rotatable bonds is 4. The third-order valence-electron chi connectivity index (χ3n) is 4.39. The molecule has 0 radical (unpaired) electrons. The number of esters is 1. The van der Waals surface area contributed by atoms with E-state index in [1.54, 1.807) is 13.8 Å². The molecule has 6 nitrogen and oxygen atoms in total. The van der Waals surface area contributed by atoms with Crippen molar-refractivity contribution in [2.45, 2.75) is 39.7 Å². The Hall–Kier alpha value is -2.37. The van der Waals surface area contributed by atoms with Crippen LogP contribution in [0.4, 0.5) is 4.79 Å². The molecule has 0 bridgehead atoms. The van der Waals surface area contributed by atoms with Gasteiger partial charge in [-0.3, -0.25) is 9.59 Å². The molecular formula is C19H25NO5. The molecule has 1 aliphatic rings. The van der Waals surface area contributed by atoms with Gasteiger partial charge in [0.05, 0.1) is 6.61 Å². The summed E-state index contributed by atoms with van der Waals surface area (Å²) in [5, 5.41) is 0. The molecule has 0 N–H and O–H groups in total. The van der Waals surface area contributed by atoms with Crippen molar-refractivity contribution in [1.82, 2.24) is 4.90 Å². The van der Waals surface area contributed by atoms with Crippen molar-refractivity contribution in [2.24, 2.45) is 5.41 Å². The molecule has 0 spiro atoms. The highest BCUT2D eigenvalue weighted by Crippen LogP contribution is 2.27. The first kappa shape index (κ1) is 19.0. The highest BCUT2D eigenvalue weighted by Gasteiger charge is 2.45. The van der Waals surface area contributed by atoms with Crippen LogP contribution in [0.5, 0.6) is 0 Å². The second kappa shape index (κ2) is 8.65. The van der Waals surface area contributed by atoms with E-state index >= 15 is 0 Å². The normalized spacial score (nSPS) is 21.2. The molecule has 1 amide bonds. The van der Waals surface area contributed by atoms with Gasteiger partial charge in [-0.2, -0.15) is 0 Å². The van der Waals surface area contributed by atoms with Crippen LogP contribution in [0.25, 0.3) is 0 Å². The zero-order valence-electron chi connectivity index (χ0n) is 14.8. The van der Waals surface area contributed by atoms with Crippen molar-refractivity contribution in [3.05, 3.63) is 35.9 Å². The Balaban J connectivity index is 2.08. The summed E-state index contributed by atoms with van der Waals surface area (Å²) in [4.78, 5) is 38.7. The van der Waals surface area contributed by atoms with Gasteiger partial charge in [-0.1, -0.05) is 30.3 Å². The highest BCUT2D eigenvalue weighted by molar-refractivity contribution is 6.04. The molecule has 1 unspecified atom stereocenters. The lowest BCUT2D eigenvalue weighted by molar-refractivity contribution is -0.160. The number of ketones is 1. The Morgan fingerprint density at radius 3 is 2.56 bits per heavy atom. The molecule has 2 rings (SSSR count). The maximum atomic E-state index is 12.5. The first-order valence-corrected chi connectivity index (χ1v) is 8.63. The standard InChI is InChI=1S/C19H25NO5/c1-3-24-17(22)19(2)14-20(12-8-7-11-16(19)21)18(23)25-13-15-9-5-4-6-10-15/h4-6,9-10H,3,7-8,11-14H2,1-2H3. The van der Waals surface area contributed by atoms with Gasteiger partial charge in [0, 0.05) is 19.5 Å². The number of carbonyl (C=O) groups excluding carboxylic acids is 3. The maximum absolute atomic E-state index is 12.5. The van der Waals surface area contributed by atoms with Gasteiger partial charge < -0.3 is 14.4 Å². The van der Waals surface area contributed by atoms with Crippen molar-refractivity contribution < 1.29 is 23.9 Å². The van der Waals surface area contributed by atoms with E-state index in [-0.39, 0.29) is 25.5 Å². The fraction of sp³-hybridized carbons (Fsp3) is 0.526. The quantitative estimate of drug-likeness (QED) is 0.618. The first-order chi connectivity index (χ1) is 12.0. The number of amides is 1. The number of likely N-dealkylation sites (tertiary alicyclic amines) is 1. The van der Waals surface area contributed by atoms with Gasteiger partial charge in [-0.05, 0) is 32.3 Å². The van der Waals surface area contributed by atoms with E-state index in [1.807, 2.05) is 30.3 Å². The number of Topliss-reactive ketones (excluding diaryl/α,β-unsaturated/α-hetero) is 1. The molecule has 0 saturated carbocycles. The Morgan fingerprint density at radius 1 is 1.16 bits per heavy atom. The van der Waals surface area contributed by atoms with E-state index in [2.05, 4.69) is 0 Å². The van der Waals surface area contributed by atoms with E-state index < -0.39 is 17.5 Å². The predicted molar refractivity (Wildman–Crippen MR) is 91.8 cm³/mol. The molecule has 0 aliphatic carbocycles. The highest BCUT2D eigenvalue weighted by atomic mass is 16.6. The summed E-state index contributed by atoms with van der Waals surface area (Å²) in [6.45, 7) is 4.03. The van der Waals surface area contributed by atoms with Crippen LogP contribution in [-0.4, -0.2) is 42.4 Å². The molecule has 1 aromatic rings. The van der Waals surface area contributed by atoms with Crippen LogP contribution in [0.3, 0.4) is 0 Å². The Kier molecular flexibility index (Phi) is 6.56. The molecule has 1 heterocycles. The monoisotopic (exact) mass is 347 g/mol. The predicted octanol–water partition coefficient (Wildman–Crippen LogP) is 2.95. The number of ether oxygens (including phenoxy) is 2. The average Bonchev–Trinajstić information content (AvgIpc) is 2.61. The fourth-order valence-electron chi connectivity index (χ4n) is 2.85. The second-order valence-corrected chi connectivity index (χ2v) is 6.39. The van der Waals surface area contributed by atoms with E-state index in [0.29, 0.717) is 25.8 Å². The van der Waals surface area contributed by atoms with Gasteiger partial charge in [0.15, 0.2) is 5.78 Å². The van der Waals surface area contributed by atoms with E-state index in [1.165, 1.54) is 4.90 Å². The molecule has 1 atom stereocenters. The zero-order valence-corrected chi connectivity index (χ0v) is 14.8. The summed E-state index contributed by atoms with van der Waals surface area (Å²) >= 11 is 0. The van der Waals surface area contributed by atoms with E-state index in [9.17, 15) is 14.4 Å². The van der Waals surface area contributed by atoms with Crippen LogP contribution < -0.4 is 0 Å². The van der Waals surface area contributed by atoms with Crippen molar-refractivity contribution in [2.75, 3.05) is 19.7 Å².